The minimum atomic E-state index is -1.08. The number of aromatic amines is 2. The lowest BCUT2D eigenvalue weighted by molar-refractivity contribution is -0.138. The molecule has 1 aliphatic rings. The molecule has 4 aromatic heterocycles. The fourth-order valence-electron chi connectivity index (χ4n) is 6.94. The highest BCUT2D eigenvalue weighted by Crippen LogP contribution is 2.26. The molecule has 2 bridgehead atoms. The van der Waals surface area contributed by atoms with Crippen LogP contribution >= 0.6 is 11.3 Å². The summed E-state index contributed by atoms with van der Waals surface area (Å²) >= 11 is 1.20. The number of likely N-dealkylation sites (N-methyl/N-ethyl adjacent to an activating group) is 2. The van der Waals surface area contributed by atoms with Gasteiger partial charge in [-0.05, 0) is 49.1 Å². The van der Waals surface area contributed by atoms with Crippen LogP contribution in [0.4, 0.5) is 0 Å². The number of para-hydroxylation sites is 1. The van der Waals surface area contributed by atoms with Crippen LogP contribution in [0, 0.1) is 5.92 Å². The molecule has 0 aliphatic carbocycles. The predicted molar refractivity (Wildman–Crippen MR) is 217 cm³/mol. The minimum Gasteiger partial charge on any atom is -0.361 e. The minimum absolute atomic E-state index is 0.0286. The summed E-state index contributed by atoms with van der Waals surface area (Å²) in [6.45, 7) is 4.78. The first kappa shape index (κ1) is 41.3. The third kappa shape index (κ3) is 9.62. The molecule has 5 N–H and O–H groups in total. The molecule has 5 aromatic rings. The highest BCUT2D eigenvalue weighted by atomic mass is 32.1. The molecule has 0 saturated heterocycles. The Morgan fingerprint density at radius 3 is 2.38 bits per heavy atom. The van der Waals surface area contributed by atoms with Crippen LogP contribution in [0.25, 0.3) is 22.3 Å². The first-order valence-corrected chi connectivity index (χ1v) is 19.9. The van der Waals surface area contributed by atoms with Crippen molar-refractivity contribution in [2.75, 3.05) is 40.3 Å². The number of rotatable bonds is 6. The molecule has 17 nitrogen and oxygen atoms in total. The fourth-order valence-corrected chi connectivity index (χ4v) is 7.81. The van der Waals surface area contributed by atoms with Crippen molar-refractivity contribution in [1.29, 1.82) is 0 Å². The topological polar surface area (TPSA) is 211 Å². The van der Waals surface area contributed by atoms with Crippen LogP contribution in [0.3, 0.4) is 0 Å². The Hall–Kier alpha value is -6.30. The van der Waals surface area contributed by atoms with Gasteiger partial charge in [-0.25, -0.2) is 4.98 Å². The van der Waals surface area contributed by atoms with E-state index < -0.39 is 53.6 Å². The van der Waals surface area contributed by atoms with Crippen LogP contribution in [-0.4, -0.2) is 127 Å². The van der Waals surface area contributed by atoms with E-state index in [1.54, 1.807) is 24.7 Å². The van der Waals surface area contributed by atoms with Crippen molar-refractivity contribution in [3.05, 3.63) is 82.2 Å². The molecular weight excluding hydrogens is 763 g/mol. The average molecular weight is 812 g/mol. The number of thiazole rings is 1. The van der Waals surface area contributed by atoms with E-state index in [1.165, 1.54) is 40.0 Å². The van der Waals surface area contributed by atoms with Crippen molar-refractivity contribution < 1.29 is 28.8 Å². The summed E-state index contributed by atoms with van der Waals surface area (Å²) in [4.78, 5) is 94.1. The van der Waals surface area contributed by atoms with E-state index in [4.69, 9.17) is 0 Å². The molecule has 0 radical (unpaired) electrons. The van der Waals surface area contributed by atoms with Crippen LogP contribution in [0.1, 0.15) is 64.8 Å². The number of aryl methyl sites for hydroxylation is 1. The normalized spacial score (nSPS) is 19.6. The van der Waals surface area contributed by atoms with E-state index in [0.29, 0.717) is 17.1 Å². The van der Waals surface area contributed by atoms with Crippen LogP contribution in [0.2, 0.25) is 0 Å². The van der Waals surface area contributed by atoms with E-state index in [2.05, 4.69) is 36.1 Å². The van der Waals surface area contributed by atoms with E-state index in [9.17, 15) is 28.8 Å². The maximum atomic E-state index is 14.0. The maximum absolute atomic E-state index is 14.0. The van der Waals surface area contributed by atoms with E-state index in [-0.39, 0.29) is 49.9 Å². The largest absolute Gasteiger partial charge is 0.361 e. The number of aromatic nitrogens is 5. The lowest BCUT2D eigenvalue weighted by Crippen LogP contribution is -2.53. The Morgan fingerprint density at radius 2 is 1.64 bits per heavy atom. The van der Waals surface area contributed by atoms with Crippen molar-refractivity contribution >= 4 is 57.7 Å². The van der Waals surface area contributed by atoms with Crippen LogP contribution in [0.15, 0.2) is 60.2 Å². The number of carbonyl (C=O) groups excluding carboxylic acids is 6. The Labute approximate surface area is 339 Å². The van der Waals surface area contributed by atoms with Crippen molar-refractivity contribution in [3.63, 3.8) is 0 Å². The molecule has 1 aromatic carbocycles. The van der Waals surface area contributed by atoms with Crippen molar-refractivity contribution in [3.8, 4) is 11.4 Å². The summed E-state index contributed by atoms with van der Waals surface area (Å²) < 4.78 is 1.86. The van der Waals surface area contributed by atoms with Gasteiger partial charge in [-0.1, -0.05) is 32.0 Å². The van der Waals surface area contributed by atoms with E-state index in [0.717, 1.165) is 22.2 Å². The van der Waals surface area contributed by atoms with Crippen LogP contribution < -0.4 is 16.0 Å². The molecule has 0 saturated carbocycles. The first-order chi connectivity index (χ1) is 27.7. The Kier molecular flexibility index (Phi) is 12.7. The zero-order chi connectivity index (χ0) is 41.7. The van der Waals surface area contributed by atoms with Gasteiger partial charge in [0.25, 0.3) is 11.8 Å². The maximum Gasteiger partial charge on any atom is 0.272 e. The smallest absolute Gasteiger partial charge is 0.272 e. The number of H-pyrrole nitrogens is 2. The van der Waals surface area contributed by atoms with Crippen molar-refractivity contribution in [1.82, 2.24) is 55.4 Å². The number of benzene rings is 1. The van der Waals surface area contributed by atoms with Gasteiger partial charge < -0.3 is 40.2 Å². The monoisotopic (exact) mass is 811 g/mol. The Bertz CT molecular complexity index is 2310. The highest BCUT2D eigenvalue weighted by molar-refractivity contribution is 7.09. The first-order valence-electron chi connectivity index (χ1n) is 19.0. The number of nitrogens with one attached hydrogen (secondary N) is 5. The zero-order valence-electron chi connectivity index (χ0n) is 33.4. The molecule has 6 rings (SSSR count). The molecule has 3 atom stereocenters. The van der Waals surface area contributed by atoms with Crippen LogP contribution in [0.5, 0.6) is 0 Å². The van der Waals surface area contributed by atoms with Gasteiger partial charge in [0.05, 0.1) is 24.8 Å². The molecule has 0 unspecified atom stereocenters. The van der Waals surface area contributed by atoms with Gasteiger partial charge in [0.15, 0.2) is 0 Å². The van der Waals surface area contributed by atoms with Crippen LogP contribution in [-0.2, 0) is 32.6 Å². The molecule has 18 heteroatoms. The summed E-state index contributed by atoms with van der Waals surface area (Å²) in [6, 6.07) is 10.3. The molecule has 58 heavy (non-hydrogen) atoms. The molecule has 306 valence electrons. The lowest BCUT2D eigenvalue weighted by atomic mass is 10.0. The number of hydrogen-bond donors (Lipinski definition) is 5. The second kappa shape index (κ2) is 17.9. The summed E-state index contributed by atoms with van der Waals surface area (Å²) in [5.41, 5.74) is 3.19. The van der Waals surface area contributed by atoms with Crippen molar-refractivity contribution in [2.24, 2.45) is 13.0 Å². The SMILES string of the molecule is CC(C)C[C@@H]1NC(=O)CN(C(=O)c2cc(-c3cccn3C)n[nH]2)CCN(C)C(=O)[C@H](C)NC(=O)CN(C)C(=O)[C@@H](Cc2c[nH]c3ccccc23)NC(=O)c2csc1n2. The third-order valence-electron chi connectivity index (χ3n) is 10.0. The van der Waals surface area contributed by atoms with Gasteiger partial charge in [0.1, 0.15) is 34.2 Å². The molecular formula is C40H49N11O6S. The highest BCUT2D eigenvalue weighted by Gasteiger charge is 2.31. The number of fused-ring (bicyclic) bond motifs is 3. The third-order valence-corrected chi connectivity index (χ3v) is 11.0. The molecule has 6 amide bonds. The molecule has 1 aliphatic heterocycles. The Balaban J connectivity index is 1.30. The van der Waals surface area contributed by atoms with Gasteiger partial charge >= 0.3 is 0 Å². The molecule has 0 fully saturated rings. The van der Waals surface area contributed by atoms with Gasteiger partial charge in [-0.3, -0.25) is 33.9 Å². The number of hydrogen-bond acceptors (Lipinski definition) is 9. The molecule has 0 spiro atoms. The van der Waals surface area contributed by atoms with Crippen molar-refractivity contribution in [2.45, 2.75) is 51.7 Å². The fraction of sp³-hybridized carbons (Fsp3) is 0.400. The number of amides is 6. The zero-order valence-corrected chi connectivity index (χ0v) is 34.2. The van der Waals surface area contributed by atoms with Gasteiger partial charge in [-0.2, -0.15) is 5.10 Å². The number of nitrogens with zero attached hydrogens (tertiary/aromatic N) is 6. The van der Waals surface area contributed by atoms with Gasteiger partial charge in [0.2, 0.25) is 23.6 Å². The number of carbonyl (C=O) groups is 6. The summed E-state index contributed by atoms with van der Waals surface area (Å²) in [6.07, 6.45) is 4.24. The van der Waals surface area contributed by atoms with Gasteiger partial charge in [0, 0.05) is 69.3 Å². The van der Waals surface area contributed by atoms with Gasteiger partial charge in [-0.15, -0.1) is 11.3 Å². The summed E-state index contributed by atoms with van der Waals surface area (Å²) in [5.74, 6) is -3.02. The Morgan fingerprint density at radius 1 is 0.879 bits per heavy atom. The quantitative estimate of drug-likeness (QED) is 0.172. The van der Waals surface area contributed by atoms with E-state index >= 15 is 0 Å². The second-order valence-corrected chi connectivity index (χ2v) is 15.9. The molecule has 5 heterocycles. The average Bonchev–Trinajstić information content (AvgIpc) is 4.02. The lowest BCUT2D eigenvalue weighted by Gasteiger charge is -2.28. The predicted octanol–water partition coefficient (Wildman–Crippen LogP) is 2.48. The second-order valence-electron chi connectivity index (χ2n) is 15.1. The summed E-state index contributed by atoms with van der Waals surface area (Å²) in [7, 11) is 4.86. The van der Waals surface area contributed by atoms with E-state index in [1.807, 2.05) is 68.1 Å². The standard InChI is InChI=1S/C40H49N11O6S/c1-23(2)16-29-37-45-32(22-58-37)36(54)44-30(17-25-19-41-27-11-8-7-10-26(25)27)39(56)50(6)20-34(52)42-24(3)38(55)49(5)14-15-51(21-35(53)43-29)40(57)31-18-28(46-47-31)33-12-9-13-48(33)4/h7-13,18-19,22-24,29-30,41H,14-17,20-21H2,1-6H3,(H,42,52)(H,43,53)(H,44,54)(H,46,47)/t24-,29-,30+/m0/s1. The summed E-state index contributed by atoms with van der Waals surface area (Å²) in [5, 5.41) is 18.6.